The van der Waals surface area contributed by atoms with Crippen molar-refractivity contribution >= 4 is 16.7 Å². The molecule has 2 aliphatic rings. The Hall–Kier alpha value is -2.52. The lowest BCUT2D eigenvalue weighted by atomic mass is 10.1. The summed E-state index contributed by atoms with van der Waals surface area (Å²) < 4.78 is 13.5. The molecule has 0 radical (unpaired) electrons. The highest BCUT2D eigenvalue weighted by atomic mass is 16.5. The Kier molecular flexibility index (Phi) is 5.63. The van der Waals surface area contributed by atoms with E-state index in [4.69, 9.17) is 9.15 Å². The molecule has 0 aliphatic carbocycles. The molecule has 0 amide bonds. The van der Waals surface area contributed by atoms with Gasteiger partial charge in [0.05, 0.1) is 29.4 Å². The van der Waals surface area contributed by atoms with Crippen LogP contribution < -0.4 is 5.32 Å². The van der Waals surface area contributed by atoms with Gasteiger partial charge in [0.2, 0.25) is 5.89 Å². The highest BCUT2D eigenvalue weighted by Gasteiger charge is 2.23. The molecule has 5 rings (SSSR count). The standard InChI is InChI=1S/C21H29N7O2/c1-2-28-20-16(13-23-28)19(24-15-6-10-29-11-7-15)17(12-22-20)21-26-25-18(30-21)14-27-8-4-3-5-9-27/h12-13,15H,2-11,14H2,1H3,(H,22,24). The number of pyridine rings is 1. The average molecular weight is 412 g/mol. The van der Waals surface area contributed by atoms with Crippen molar-refractivity contribution in [1.82, 2.24) is 29.9 Å². The molecule has 9 heteroatoms. The van der Waals surface area contributed by atoms with Gasteiger partial charge in [-0.15, -0.1) is 10.2 Å². The van der Waals surface area contributed by atoms with Gasteiger partial charge in [0.15, 0.2) is 5.65 Å². The van der Waals surface area contributed by atoms with Crippen molar-refractivity contribution in [2.45, 2.75) is 58.2 Å². The summed E-state index contributed by atoms with van der Waals surface area (Å²) in [6.45, 7) is 7.28. The minimum absolute atomic E-state index is 0.337. The van der Waals surface area contributed by atoms with Gasteiger partial charge in [-0.3, -0.25) is 4.90 Å². The maximum Gasteiger partial charge on any atom is 0.251 e. The number of aromatic nitrogens is 5. The second-order valence-corrected chi connectivity index (χ2v) is 8.11. The van der Waals surface area contributed by atoms with Gasteiger partial charge in [-0.2, -0.15) is 5.10 Å². The third-order valence-corrected chi connectivity index (χ3v) is 6.04. The van der Waals surface area contributed by atoms with Crippen LogP contribution in [0.1, 0.15) is 44.9 Å². The van der Waals surface area contributed by atoms with Crippen molar-refractivity contribution in [3.63, 3.8) is 0 Å². The van der Waals surface area contributed by atoms with E-state index < -0.39 is 0 Å². The molecular formula is C21H29N7O2. The van der Waals surface area contributed by atoms with Crippen LogP contribution in [0.4, 0.5) is 5.69 Å². The molecule has 3 aromatic rings. The van der Waals surface area contributed by atoms with Gasteiger partial charge in [0.1, 0.15) is 0 Å². The Morgan fingerprint density at radius 2 is 1.93 bits per heavy atom. The van der Waals surface area contributed by atoms with E-state index in [1.807, 2.05) is 17.1 Å². The van der Waals surface area contributed by atoms with E-state index in [1.54, 1.807) is 0 Å². The maximum atomic E-state index is 6.09. The number of piperidine rings is 1. The number of ether oxygens (including phenoxy) is 1. The molecule has 0 atom stereocenters. The Bertz CT molecular complexity index is 987. The van der Waals surface area contributed by atoms with Crippen LogP contribution >= 0.6 is 0 Å². The number of likely N-dealkylation sites (tertiary alicyclic amines) is 1. The lowest BCUT2D eigenvalue weighted by Crippen LogP contribution is -2.29. The number of anilines is 1. The molecule has 2 fully saturated rings. The summed E-state index contributed by atoms with van der Waals surface area (Å²) in [6.07, 6.45) is 9.43. The summed E-state index contributed by atoms with van der Waals surface area (Å²) in [5.41, 5.74) is 2.67. The van der Waals surface area contributed by atoms with Crippen LogP contribution in [0, 0.1) is 0 Å². The van der Waals surface area contributed by atoms with Gasteiger partial charge < -0.3 is 14.5 Å². The fourth-order valence-corrected chi connectivity index (χ4v) is 4.36. The summed E-state index contributed by atoms with van der Waals surface area (Å²) in [5, 5.41) is 17.9. The molecular weight excluding hydrogens is 382 g/mol. The maximum absolute atomic E-state index is 6.09. The van der Waals surface area contributed by atoms with Gasteiger partial charge in [-0.1, -0.05) is 6.42 Å². The van der Waals surface area contributed by atoms with Gasteiger partial charge in [0.25, 0.3) is 5.89 Å². The molecule has 0 aromatic carbocycles. The highest BCUT2D eigenvalue weighted by Crippen LogP contribution is 2.34. The number of aryl methyl sites for hydroxylation is 1. The molecule has 0 unspecified atom stereocenters. The topological polar surface area (TPSA) is 94.1 Å². The lowest BCUT2D eigenvalue weighted by Gasteiger charge is -2.25. The van der Waals surface area contributed by atoms with Crippen LogP contribution in [-0.2, 0) is 17.8 Å². The number of fused-ring (bicyclic) bond motifs is 1. The summed E-state index contributed by atoms with van der Waals surface area (Å²) in [5.74, 6) is 1.17. The smallest absolute Gasteiger partial charge is 0.251 e. The first-order valence-corrected chi connectivity index (χ1v) is 11.1. The third-order valence-electron chi connectivity index (χ3n) is 6.04. The number of hydrogen-bond acceptors (Lipinski definition) is 8. The average Bonchev–Trinajstić information content (AvgIpc) is 3.42. The molecule has 2 saturated heterocycles. The van der Waals surface area contributed by atoms with Crippen molar-refractivity contribution in [3.05, 3.63) is 18.3 Å². The van der Waals surface area contributed by atoms with E-state index in [0.29, 0.717) is 24.4 Å². The Morgan fingerprint density at radius 3 is 2.73 bits per heavy atom. The summed E-state index contributed by atoms with van der Waals surface area (Å²) in [4.78, 5) is 7.05. The van der Waals surface area contributed by atoms with E-state index in [0.717, 1.165) is 68.0 Å². The zero-order valence-electron chi connectivity index (χ0n) is 17.5. The van der Waals surface area contributed by atoms with Gasteiger partial charge in [-0.25, -0.2) is 9.67 Å². The van der Waals surface area contributed by atoms with E-state index in [1.165, 1.54) is 19.3 Å². The summed E-state index contributed by atoms with van der Waals surface area (Å²) in [6, 6.07) is 0.337. The number of rotatable bonds is 6. The predicted molar refractivity (Wildman–Crippen MR) is 113 cm³/mol. The molecule has 30 heavy (non-hydrogen) atoms. The highest BCUT2D eigenvalue weighted by molar-refractivity contribution is 5.96. The predicted octanol–water partition coefficient (Wildman–Crippen LogP) is 3.08. The fraction of sp³-hybridized carbons (Fsp3) is 0.619. The van der Waals surface area contributed by atoms with Crippen molar-refractivity contribution in [2.75, 3.05) is 31.6 Å². The minimum atomic E-state index is 0.337. The van der Waals surface area contributed by atoms with Crippen LogP contribution in [0.5, 0.6) is 0 Å². The van der Waals surface area contributed by atoms with Crippen LogP contribution in [-0.4, -0.2) is 62.2 Å². The van der Waals surface area contributed by atoms with Crippen molar-refractivity contribution in [2.24, 2.45) is 0 Å². The van der Waals surface area contributed by atoms with Crippen molar-refractivity contribution in [1.29, 1.82) is 0 Å². The van der Waals surface area contributed by atoms with Gasteiger partial charge >= 0.3 is 0 Å². The second-order valence-electron chi connectivity index (χ2n) is 8.11. The van der Waals surface area contributed by atoms with Crippen LogP contribution in [0.15, 0.2) is 16.8 Å². The monoisotopic (exact) mass is 411 g/mol. The van der Waals surface area contributed by atoms with Crippen LogP contribution in [0.2, 0.25) is 0 Å². The zero-order chi connectivity index (χ0) is 20.3. The fourth-order valence-electron chi connectivity index (χ4n) is 4.36. The lowest BCUT2D eigenvalue weighted by molar-refractivity contribution is 0.0905. The Balaban J connectivity index is 1.47. The molecule has 0 spiro atoms. The number of nitrogens with one attached hydrogen (secondary N) is 1. The third kappa shape index (κ3) is 3.91. The molecule has 0 bridgehead atoms. The molecule has 0 saturated carbocycles. The van der Waals surface area contributed by atoms with Crippen molar-refractivity contribution < 1.29 is 9.15 Å². The van der Waals surface area contributed by atoms with Crippen LogP contribution in [0.25, 0.3) is 22.5 Å². The SMILES string of the molecule is CCn1ncc2c(NC3CCOCC3)c(-c3nnc(CN4CCCCC4)o3)cnc21. The first kappa shape index (κ1) is 19.4. The minimum Gasteiger partial charge on any atom is -0.419 e. The Morgan fingerprint density at radius 1 is 1.10 bits per heavy atom. The molecule has 160 valence electrons. The Labute approximate surface area is 175 Å². The number of nitrogens with zero attached hydrogens (tertiary/aromatic N) is 6. The van der Waals surface area contributed by atoms with Crippen molar-refractivity contribution in [3.8, 4) is 11.5 Å². The molecule has 3 aromatic heterocycles. The number of hydrogen-bond donors (Lipinski definition) is 1. The van der Waals surface area contributed by atoms with E-state index in [-0.39, 0.29) is 0 Å². The quantitative estimate of drug-likeness (QED) is 0.661. The first-order chi connectivity index (χ1) is 14.8. The first-order valence-electron chi connectivity index (χ1n) is 11.1. The molecule has 5 heterocycles. The van der Waals surface area contributed by atoms with E-state index >= 15 is 0 Å². The largest absolute Gasteiger partial charge is 0.419 e. The zero-order valence-corrected chi connectivity index (χ0v) is 17.5. The van der Waals surface area contributed by atoms with E-state index in [2.05, 4.69) is 37.4 Å². The normalized spacial score (nSPS) is 18.8. The molecule has 1 N–H and O–H groups in total. The van der Waals surface area contributed by atoms with Crippen LogP contribution in [0.3, 0.4) is 0 Å². The second kappa shape index (κ2) is 8.69. The van der Waals surface area contributed by atoms with E-state index in [9.17, 15) is 0 Å². The van der Waals surface area contributed by atoms with Gasteiger partial charge in [0, 0.05) is 32.0 Å². The summed E-state index contributed by atoms with van der Waals surface area (Å²) in [7, 11) is 0. The molecule has 2 aliphatic heterocycles. The molecule has 9 nitrogen and oxygen atoms in total. The van der Waals surface area contributed by atoms with Gasteiger partial charge in [-0.05, 0) is 45.7 Å². The summed E-state index contributed by atoms with van der Waals surface area (Å²) >= 11 is 0.